The molecule has 3 aromatic rings. The fourth-order valence-electron chi connectivity index (χ4n) is 6.84. The SMILES string of the molecule is CCc1ccc2c(c1)CN(CC(F)(F)C1COC1)Cc1nnc(C3CC4(C3)CN(c3ncccc3OC(F)(F)F)C4)n1-2. The van der Waals surface area contributed by atoms with Gasteiger partial charge in [-0.25, -0.2) is 13.8 Å². The van der Waals surface area contributed by atoms with Crippen LogP contribution in [0.3, 0.4) is 0 Å². The number of benzene rings is 1. The van der Waals surface area contributed by atoms with Crippen LogP contribution in [0.5, 0.6) is 5.75 Å². The molecule has 1 aromatic carbocycles. The first-order valence-electron chi connectivity index (χ1n) is 14.2. The average molecular weight is 591 g/mol. The maximum absolute atomic E-state index is 15.0. The van der Waals surface area contributed by atoms with Crippen molar-refractivity contribution in [2.45, 2.75) is 57.5 Å². The lowest BCUT2D eigenvalue weighted by Gasteiger charge is -2.59. The first kappa shape index (κ1) is 27.5. The summed E-state index contributed by atoms with van der Waals surface area (Å²) >= 11 is 0. The van der Waals surface area contributed by atoms with E-state index in [1.54, 1.807) is 4.90 Å². The molecule has 0 amide bonds. The van der Waals surface area contributed by atoms with Gasteiger partial charge in [0.15, 0.2) is 17.4 Å². The van der Waals surface area contributed by atoms with Crippen LogP contribution in [0.4, 0.5) is 27.8 Å². The number of hydrogen-bond acceptors (Lipinski definition) is 7. The van der Waals surface area contributed by atoms with Gasteiger partial charge in [-0.3, -0.25) is 9.47 Å². The van der Waals surface area contributed by atoms with Gasteiger partial charge in [0.2, 0.25) is 0 Å². The Bertz CT molecular complexity index is 1480. The highest BCUT2D eigenvalue weighted by Gasteiger charge is 2.55. The van der Waals surface area contributed by atoms with E-state index in [1.165, 1.54) is 18.3 Å². The molecule has 3 aliphatic heterocycles. The molecule has 7 rings (SSSR count). The van der Waals surface area contributed by atoms with E-state index < -0.39 is 18.2 Å². The molecule has 1 aliphatic carbocycles. The largest absolute Gasteiger partial charge is 0.573 e. The normalized spacial score (nSPS) is 20.8. The Hall–Kier alpha value is -3.32. The maximum Gasteiger partial charge on any atom is 0.573 e. The van der Waals surface area contributed by atoms with Crippen molar-refractivity contribution in [3.05, 3.63) is 59.3 Å². The minimum atomic E-state index is -4.79. The van der Waals surface area contributed by atoms with E-state index in [4.69, 9.17) is 4.74 Å². The molecule has 1 spiro atoms. The molecule has 42 heavy (non-hydrogen) atoms. The van der Waals surface area contributed by atoms with Gasteiger partial charge in [0.1, 0.15) is 5.82 Å². The van der Waals surface area contributed by atoms with E-state index in [2.05, 4.69) is 39.0 Å². The molecule has 2 aromatic heterocycles. The maximum atomic E-state index is 15.0. The molecular weight excluding hydrogens is 559 g/mol. The molecule has 8 nitrogen and oxygen atoms in total. The Balaban J connectivity index is 1.10. The fourth-order valence-corrected chi connectivity index (χ4v) is 6.84. The number of nitrogens with zero attached hydrogens (tertiary/aromatic N) is 6. The zero-order valence-corrected chi connectivity index (χ0v) is 23.1. The number of pyridine rings is 1. The minimum absolute atomic E-state index is 0.0529. The molecule has 0 radical (unpaired) electrons. The first-order chi connectivity index (χ1) is 20.0. The van der Waals surface area contributed by atoms with Crippen LogP contribution in [0.15, 0.2) is 36.5 Å². The standard InChI is InChI=1S/C29H31F5N6O2/c1-2-18-5-6-22-19(8-18)11-38(17-28(30,31)21-13-41-14-21)12-24-36-37-25(40(22)24)20-9-27(10-20)15-39(16-27)26-23(4-3-7-35-26)42-29(32,33)34/h3-8,20-21H,2,9-17H2,1H3. The quantitative estimate of drug-likeness (QED) is 0.355. The van der Waals surface area contributed by atoms with Crippen molar-refractivity contribution in [1.29, 1.82) is 0 Å². The topological polar surface area (TPSA) is 68.5 Å². The fraction of sp³-hybridized carbons (Fsp3) is 0.552. The van der Waals surface area contributed by atoms with Gasteiger partial charge in [0.25, 0.3) is 5.92 Å². The van der Waals surface area contributed by atoms with Crippen LogP contribution >= 0.6 is 0 Å². The van der Waals surface area contributed by atoms with Crippen LogP contribution in [0.1, 0.15) is 48.5 Å². The number of anilines is 1. The van der Waals surface area contributed by atoms with E-state index in [0.717, 1.165) is 41.9 Å². The van der Waals surface area contributed by atoms with E-state index >= 15 is 8.78 Å². The van der Waals surface area contributed by atoms with Crippen LogP contribution in [0, 0.1) is 11.3 Å². The summed E-state index contributed by atoms with van der Waals surface area (Å²) in [5.41, 5.74) is 2.96. The number of ether oxygens (including phenoxy) is 2. The van der Waals surface area contributed by atoms with Gasteiger partial charge in [-0.2, -0.15) is 0 Å². The molecule has 3 fully saturated rings. The van der Waals surface area contributed by atoms with E-state index in [9.17, 15) is 13.2 Å². The lowest BCUT2D eigenvalue weighted by molar-refractivity contribution is -0.274. The zero-order chi connectivity index (χ0) is 29.3. The summed E-state index contributed by atoms with van der Waals surface area (Å²) in [6.07, 6.45) is -0.901. The molecule has 5 heterocycles. The van der Waals surface area contributed by atoms with Crippen LogP contribution in [-0.2, 0) is 24.2 Å². The lowest BCUT2D eigenvalue weighted by Crippen LogP contribution is -2.62. The van der Waals surface area contributed by atoms with Gasteiger partial charge in [-0.15, -0.1) is 23.4 Å². The molecule has 1 saturated carbocycles. The second-order valence-electron chi connectivity index (χ2n) is 12.1. The minimum Gasteiger partial charge on any atom is -0.402 e. The summed E-state index contributed by atoms with van der Waals surface area (Å²) in [4.78, 5) is 7.72. The lowest BCUT2D eigenvalue weighted by atomic mass is 9.57. The van der Waals surface area contributed by atoms with Crippen LogP contribution < -0.4 is 9.64 Å². The van der Waals surface area contributed by atoms with Crippen LogP contribution in [0.25, 0.3) is 5.69 Å². The molecule has 4 aliphatic rings. The molecular formula is C29H31F5N6O2. The van der Waals surface area contributed by atoms with Crippen molar-refractivity contribution < 1.29 is 31.4 Å². The number of alkyl halides is 5. The van der Waals surface area contributed by atoms with Crippen molar-refractivity contribution in [3.8, 4) is 11.4 Å². The van der Waals surface area contributed by atoms with Gasteiger partial charge in [-0.05, 0) is 48.6 Å². The second kappa shape index (κ2) is 9.87. The molecule has 224 valence electrons. The Morgan fingerprint density at radius 1 is 1.05 bits per heavy atom. The summed E-state index contributed by atoms with van der Waals surface area (Å²) in [5, 5.41) is 9.04. The molecule has 0 atom stereocenters. The number of fused-ring (bicyclic) bond motifs is 3. The third-order valence-corrected chi connectivity index (χ3v) is 9.03. The average Bonchev–Trinajstić information content (AvgIpc) is 3.16. The highest BCUT2D eigenvalue weighted by Crippen LogP contribution is 2.57. The van der Waals surface area contributed by atoms with Crippen LogP contribution in [-0.4, -0.2) is 69.8 Å². The van der Waals surface area contributed by atoms with Gasteiger partial charge in [-0.1, -0.05) is 19.1 Å². The van der Waals surface area contributed by atoms with Crippen molar-refractivity contribution in [2.24, 2.45) is 11.3 Å². The Kier molecular flexibility index (Phi) is 6.46. The number of hydrogen-bond donors (Lipinski definition) is 0. The van der Waals surface area contributed by atoms with E-state index in [0.29, 0.717) is 25.5 Å². The van der Waals surface area contributed by atoms with Gasteiger partial charge >= 0.3 is 6.36 Å². The molecule has 0 bridgehead atoms. The van der Waals surface area contributed by atoms with Crippen molar-refractivity contribution in [1.82, 2.24) is 24.6 Å². The number of aryl methyl sites for hydroxylation is 1. The molecule has 13 heteroatoms. The number of aromatic nitrogens is 4. The third kappa shape index (κ3) is 4.89. The van der Waals surface area contributed by atoms with Gasteiger partial charge < -0.3 is 14.4 Å². The Morgan fingerprint density at radius 3 is 2.52 bits per heavy atom. The highest BCUT2D eigenvalue weighted by molar-refractivity contribution is 5.55. The third-order valence-electron chi connectivity index (χ3n) is 9.03. The van der Waals surface area contributed by atoms with Crippen molar-refractivity contribution in [3.63, 3.8) is 0 Å². The number of rotatable bonds is 7. The van der Waals surface area contributed by atoms with Gasteiger partial charge in [0, 0.05) is 37.2 Å². The number of halogens is 5. The van der Waals surface area contributed by atoms with Crippen molar-refractivity contribution >= 4 is 5.82 Å². The summed E-state index contributed by atoms with van der Waals surface area (Å²) in [6.45, 7) is 3.61. The zero-order valence-electron chi connectivity index (χ0n) is 23.1. The highest BCUT2D eigenvalue weighted by atomic mass is 19.4. The smallest absolute Gasteiger partial charge is 0.402 e. The molecule has 2 saturated heterocycles. The summed E-state index contributed by atoms with van der Waals surface area (Å²) in [5.74, 6) is -2.22. The second-order valence-corrected chi connectivity index (χ2v) is 12.1. The Labute approximate surface area is 239 Å². The first-order valence-corrected chi connectivity index (χ1v) is 14.2. The molecule has 0 unspecified atom stereocenters. The predicted octanol–water partition coefficient (Wildman–Crippen LogP) is 5.10. The molecule has 0 N–H and O–H groups in total. The van der Waals surface area contributed by atoms with Gasteiger partial charge in [0.05, 0.1) is 37.9 Å². The Morgan fingerprint density at radius 2 is 1.83 bits per heavy atom. The monoisotopic (exact) mass is 590 g/mol. The van der Waals surface area contributed by atoms with E-state index in [1.807, 2.05) is 15.5 Å². The summed E-state index contributed by atoms with van der Waals surface area (Å²) < 4.78 is 80.0. The summed E-state index contributed by atoms with van der Waals surface area (Å²) in [7, 11) is 0. The predicted molar refractivity (Wildman–Crippen MR) is 142 cm³/mol. The van der Waals surface area contributed by atoms with E-state index in [-0.39, 0.29) is 49.2 Å². The summed E-state index contributed by atoms with van der Waals surface area (Å²) in [6, 6.07) is 8.88. The van der Waals surface area contributed by atoms with Crippen LogP contribution in [0.2, 0.25) is 0 Å². The van der Waals surface area contributed by atoms with Crippen molar-refractivity contribution in [2.75, 3.05) is 37.7 Å².